The van der Waals surface area contributed by atoms with Gasteiger partial charge in [0.25, 0.3) is 0 Å². The summed E-state index contributed by atoms with van der Waals surface area (Å²) in [6.45, 7) is 3.39. The number of nitrogens with one attached hydrogen (secondary N) is 1. The molecule has 2 saturated heterocycles. The van der Waals surface area contributed by atoms with Gasteiger partial charge in [-0.1, -0.05) is 12.1 Å². The molecular formula is C17H22N4O3. The van der Waals surface area contributed by atoms with Crippen molar-refractivity contribution < 1.29 is 9.53 Å². The lowest BCUT2D eigenvalue weighted by Gasteiger charge is -2.46. The first-order chi connectivity index (χ1) is 11.7. The van der Waals surface area contributed by atoms with E-state index in [1.165, 1.54) is 7.11 Å². The number of carbonyl (C=O) groups excluding carboxylic acids is 1. The van der Waals surface area contributed by atoms with Crippen molar-refractivity contribution in [2.75, 3.05) is 33.3 Å². The summed E-state index contributed by atoms with van der Waals surface area (Å²) in [6.07, 6.45) is 1.67. The number of aromatic nitrogens is 2. The summed E-state index contributed by atoms with van der Waals surface area (Å²) in [5, 5.41) is 0. The molecule has 0 atom stereocenters. The Labute approximate surface area is 139 Å². The van der Waals surface area contributed by atoms with E-state index in [0.717, 1.165) is 50.1 Å². The Morgan fingerprint density at radius 2 is 1.88 bits per heavy atom. The van der Waals surface area contributed by atoms with Gasteiger partial charge < -0.3 is 14.6 Å². The predicted octanol–water partition coefficient (Wildman–Crippen LogP) is 1.42. The number of H-pyrrole nitrogens is 1. The molecule has 1 amide bonds. The quantitative estimate of drug-likeness (QED) is 0.904. The Morgan fingerprint density at radius 3 is 2.58 bits per heavy atom. The zero-order chi connectivity index (χ0) is 16.7. The van der Waals surface area contributed by atoms with Gasteiger partial charge in [0.2, 0.25) is 0 Å². The van der Waals surface area contributed by atoms with Gasteiger partial charge in [-0.3, -0.25) is 9.47 Å². The molecule has 2 fully saturated rings. The molecule has 0 aliphatic carbocycles. The van der Waals surface area contributed by atoms with Crippen LogP contribution in [0.1, 0.15) is 18.9 Å². The van der Waals surface area contributed by atoms with Gasteiger partial charge in [0.1, 0.15) is 0 Å². The molecule has 128 valence electrons. The Bertz CT molecular complexity index is 798. The van der Waals surface area contributed by atoms with Crippen LogP contribution < -0.4 is 5.69 Å². The van der Waals surface area contributed by atoms with Crippen molar-refractivity contribution in [3.8, 4) is 0 Å². The Kier molecular flexibility index (Phi) is 3.80. The summed E-state index contributed by atoms with van der Waals surface area (Å²) in [5.74, 6) is 0. The van der Waals surface area contributed by atoms with E-state index in [9.17, 15) is 9.59 Å². The highest BCUT2D eigenvalue weighted by atomic mass is 16.5. The lowest BCUT2D eigenvalue weighted by molar-refractivity contribution is 0.0152. The molecule has 0 radical (unpaired) electrons. The number of likely N-dealkylation sites (tertiary alicyclic amines) is 2. The average Bonchev–Trinajstić information content (AvgIpc) is 2.90. The zero-order valence-electron chi connectivity index (χ0n) is 13.8. The van der Waals surface area contributed by atoms with E-state index in [-0.39, 0.29) is 17.8 Å². The van der Waals surface area contributed by atoms with Crippen LogP contribution in [-0.2, 0) is 4.74 Å². The second-order valence-electron chi connectivity index (χ2n) is 6.61. The van der Waals surface area contributed by atoms with Crippen molar-refractivity contribution in [3.63, 3.8) is 0 Å². The summed E-state index contributed by atoms with van der Waals surface area (Å²) < 4.78 is 6.65. The van der Waals surface area contributed by atoms with Crippen LogP contribution in [0.4, 0.5) is 4.79 Å². The van der Waals surface area contributed by atoms with E-state index >= 15 is 0 Å². The van der Waals surface area contributed by atoms with E-state index in [0.29, 0.717) is 6.04 Å². The van der Waals surface area contributed by atoms with E-state index in [2.05, 4.69) is 9.88 Å². The van der Waals surface area contributed by atoms with Crippen LogP contribution in [0.3, 0.4) is 0 Å². The predicted molar refractivity (Wildman–Crippen MR) is 90.2 cm³/mol. The Hall–Kier alpha value is -2.28. The largest absolute Gasteiger partial charge is 0.453 e. The maximum atomic E-state index is 12.3. The maximum Gasteiger partial charge on any atom is 0.409 e. The molecule has 7 heteroatoms. The number of methoxy groups -OCH3 is 1. The van der Waals surface area contributed by atoms with Crippen molar-refractivity contribution in [1.29, 1.82) is 0 Å². The highest BCUT2D eigenvalue weighted by Gasteiger charge is 2.37. The summed E-state index contributed by atoms with van der Waals surface area (Å²) in [6, 6.07) is 8.51. The molecular weight excluding hydrogens is 308 g/mol. The Balaban J connectivity index is 1.41. The first-order valence-corrected chi connectivity index (χ1v) is 8.43. The first-order valence-electron chi connectivity index (χ1n) is 8.43. The van der Waals surface area contributed by atoms with Crippen molar-refractivity contribution in [2.24, 2.45) is 0 Å². The first kappa shape index (κ1) is 15.3. The van der Waals surface area contributed by atoms with Gasteiger partial charge in [-0.15, -0.1) is 0 Å². The molecule has 3 heterocycles. The molecule has 7 nitrogen and oxygen atoms in total. The molecule has 0 spiro atoms. The van der Waals surface area contributed by atoms with E-state index in [1.54, 1.807) is 4.90 Å². The highest BCUT2D eigenvalue weighted by molar-refractivity contribution is 5.75. The van der Waals surface area contributed by atoms with Crippen LogP contribution in [0.5, 0.6) is 0 Å². The number of ether oxygens (including phenoxy) is 1. The topological polar surface area (TPSA) is 70.6 Å². The average molecular weight is 330 g/mol. The van der Waals surface area contributed by atoms with Crippen LogP contribution in [0, 0.1) is 0 Å². The van der Waals surface area contributed by atoms with Crippen LogP contribution in [0.15, 0.2) is 29.1 Å². The van der Waals surface area contributed by atoms with Crippen LogP contribution in [0.2, 0.25) is 0 Å². The fourth-order valence-corrected chi connectivity index (χ4v) is 3.91. The number of imidazole rings is 1. The maximum absolute atomic E-state index is 12.3. The number of rotatable bonds is 2. The molecule has 4 rings (SSSR count). The van der Waals surface area contributed by atoms with Gasteiger partial charge >= 0.3 is 11.8 Å². The number of benzene rings is 1. The van der Waals surface area contributed by atoms with Gasteiger partial charge in [-0.25, -0.2) is 9.59 Å². The number of para-hydroxylation sites is 2. The van der Waals surface area contributed by atoms with Crippen molar-refractivity contribution >= 4 is 17.1 Å². The number of hydrogen-bond acceptors (Lipinski definition) is 4. The van der Waals surface area contributed by atoms with Crippen LogP contribution in [0.25, 0.3) is 11.0 Å². The number of carbonyl (C=O) groups is 1. The zero-order valence-corrected chi connectivity index (χ0v) is 13.8. The summed E-state index contributed by atoms with van der Waals surface area (Å²) in [7, 11) is 1.42. The minimum absolute atomic E-state index is 0.0184. The second kappa shape index (κ2) is 5.98. The van der Waals surface area contributed by atoms with E-state index < -0.39 is 0 Å². The van der Waals surface area contributed by atoms with E-state index in [1.807, 2.05) is 28.8 Å². The molecule has 2 aliphatic heterocycles. The monoisotopic (exact) mass is 330 g/mol. The van der Waals surface area contributed by atoms with Gasteiger partial charge in [-0.2, -0.15) is 0 Å². The highest BCUT2D eigenvalue weighted by Crippen LogP contribution is 2.27. The number of nitrogens with zero attached hydrogens (tertiary/aromatic N) is 3. The molecule has 1 aromatic carbocycles. The number of piperidine rings is 1. The van der Waals surface area contributed by atoms with Gasteiger partial charge in [0.05, 0.1) is 18.1 Å². The minimum Gasteiger partial charge on any atom is -0.453 e. The smallest absolute Gasteiger partial charge is 0.409 e. The molecule has 1 aromatic heterocycles. The molecule has 24 heavy (non-hydrogen) atoms. The molecule has 1 N–H and O–H groups in total. The molecule has 2 aromatic rings. The van der Waals surface area contributed by atoms with Gasteiger partial charge in [0, 0.05) is 38.3 Å². The van der Waals surface area contributed by atoms with E-state index in [4.69, 9.17) is 4.74 Å². The summed E-state index contributed by atoms with van der Waals surface area (Å²) >= 11 is 0. The second-order valence-corrected chi connectivity index (χ2v) is 6.61. The molecule has 0 bridgehead atoms. The Morgan fingerprint density at radius 1 is 1.17 bits per heavy atom. The molecule has 0 saturated carbocycles. The van der Waals surface area contributed by atoms with Crippen molar-refractivity contribution in [2.45, 2.75) is 24.9 Å². The third-order valence-corrected chi connectivity index (χ3v) is 5.30. The number of amides is 1. The third kappa shape index (κ3) is 2.49. The third-order valence-electron chi connectivity index (χ3n) is 5.30. The van der Waals surface area contributed by atoms with Crippen molar-refractivity contribution in [3.05, 3.63) is 34.7 Å². The lowest BCUT2D eigenvalue weighted by Crippen LogP contribution is -2.62. The van der Waals surface area contributed by atoms with Gasteiger partial charge in [0.15, 0.2) is 0 Å². The van der Waals surface area contributed by atoms with Gasteiger partial charge in [-0.05, 0) is 25.0 Å². The van der Waals surface area contributed by atoms with Crippen LogP contribution in [-0.4, -0.2) is 64.8 Å². The summed E-state index contributed by atoms with van der Waals surface area (Å²) in [5.41, 5.74) is 1.87. The fraction of sp³-hybridized carbons (Fsp3) is 0.529. The number of hydrogen-bond donors (Lipinski definition) is 1. The normalized spacial score (nSPS) is 20.3. The SMILES string of the molecule is COC(=O)N1CC(N2CCC(n3c(=O)[nH]c4ccccc43)CC2)C1. The molecule has 0 unspecified atom stereocenters. The lowest BCUT2D eigenvalue weighted by atomic mass is 9.99. The number of fused-ring (bicyclic) bond motifs is 1. The summed E-state index contributed by atoms with van der Waals surface area (Å²) in [4.78, 5) is 30.8. The minimum atomic E-state index is -0.244. The standard InChI is InChI=1S/C17H22N4O3/c1-24-17(23)20-10-13(11-20)19-8-6-12(7-9-19)21-15-5-3-2-4-14(15)18-16(21)22/h2-5,12-13H,6-11H2,1H3,(H,18,22). The van der Waals surface area contributed by atoms with Crippen molar-refractivity contribution in [1.82, 2.24) is 19.4 Å². The fourth-order valence-electron chi connectivity index (χ4n) is 3.91. The number of aromatic amines is 1. The molecule has 2 aliphatic rings. The van der Waals surface area contributed by atoms with Crippen LogP contribution >= 0.6 is 0 Å².